The summed E-state index contributed by atoms with van der Waals surface area (Å²) in [7, 11) is 0. The van der Waals surface area contributed by atoms with Crippen LogP contribution in [0.25, 0.3) is 11.2 Å². The first-order valence-corrected chi connectivity index (χ1v) is 8.12. The Morgan fingerprint density at radius 3 is 2.96 bits per heavy atom. The van der Waals surface area contributed by atoms with Gasteiger partial charge >= 0.3 is 11.7 Å². The molecule has 3 unspecified atom stereocenters. The van der Waals surface area contributed by atoms with E-state index in [1.54, 1.807) is 4.57 Å². The van der Waals surface area contributed by atoms with Crippen LogP contribution in [-0.2, 0) is 20.8 Å². The summed E-state index contributed by atoms with van der Waals surface area (Å²) in [6.07, 6.45) is -0.257. The van der Waals surface area contributed by atoms with Crippen LogP contribution in [0.4, 0.5) is 10.3 Å². The fourth-order valence-electron chi connectivity index (χ4n) is 3.14. The van der Waals surface area contributed by atoms with E-state index in [0.29, 0.717) is 18.0 Å². The number of rotatable bonds is 4. The lowest BCUT2D eigenvalue weighted by Crippen LogP contribution is -2.36. The zero-order chi connectivity index (χ0) is 17.7. The number of nitrogens with zero attached hydrogens (tertiary/aromatic N) is 4. The van der Waals surface area contributed by atoms with E-state index in [4.69, 9.17) is 15.2 Å². The van der Waals surface area contributed by atoms with E-state index in [-0.39, 0.29) is 18.2 Å². The number of carbonyl (C=O) groups is 1. The molecule has 1 saturated carbocycles. The fourth-order valence-corrected chi connectivity index (χ4v) is 3.14. The zero-order valence-electron chi connectivity index (χ0n) is 13.6. The summed E-state index contributed by atoms with van der Waals surface area (Å²) >= 11 is 0. The molecule has 9 nitrogen and oxygen atoms in total. The Hall–Kier alpha value is -2.49. The monoisotopic (exact) mass is 351 g/mol. The Labute approximate surface area is 141 Å². The Morgan fingerprint density at radius 1 is 1.52 bits per heavy atom. The molecular weight excluding hydrogens is 333 g/mol. The molecule has 2 N–H and O–H groups in total. The molecular formula is C15H18FN5O4. The van der Waals surface area contributed by atoms with E-state index in [1.807, 2.05) is 0 Å². The first kappa shape index (κ1) is 16.0. The number of alkyl halides is 1. The zero-order valence-corrected chi connectivity index (χ0v) is 13.6. The van der Waals surface area contributed by atoms with Crippen molar-refractivity contribution in [3.8, 4) is 0 Å². The molecule has 0 aromatic carbocycles. The number of hydrogen-bond acceptors (Lipinski definition) is 7. The molecule has 0 bridgehead atoms. The predicted octanol–water partition coefficient (Wildman–Crippen LogP) is 0.384. The third kappa shape index (κ3) is 2.76. The van der Waals surface area contributed by atoms with Gasteiger partial charge in [0, 0.05) is 13.5 Å². The molecule has 1 aliphatic carbocycles. The van der Waals surface area contributed by atoms with Crippen molar-refractivity contribution in [1.29, 1.82) is 0 Å². The van der Waals surface area contributed by atoms with Gasteiger partial charge in [0.15, 0.2) is 24.2 Å². The van der Waals surface area contributed by atoms with E-state index in [2.05, 4.69) is 9.97 Å². The summed E-state index contributed by atoms with van der Waals surface area (Å²) in [5.41, 5.74) is 6.00. The van der Waals surface area contributed by atoms with Crippen molar-refractivity contribution in [3.63, 3.8) is 0 Å². The number of esters is 1. The highest BCUT2D eigenvalue weighted by Crippen LogP contribution is 2.33. The molecule has 2 fully saturated rings. The Morgan fingerprint density at radius 2 is 2.28 bits per heavy atom. The smallest absolute Gasteiger partial charge is 0.332 e. The van der Waals surface area contributed by atoms with Crippen molar-refractivity contribution in [2.45, 2.75) is 44.8 Å². The Kier molecular flexibility index (Phi) is 3.71. The Bertz CT molecular complexity index is 890. The summed E-state index contributed by atoms with van der Waals surface area (Å²) in [6.45, 7) is 1.44. The van der Waals surface area contributed by atoms with Crippen molar-refractivity contribution in [2.75, 3.05) is 12.3 Å². The van der Waals surface area contributed by atoms with Crippen LogP contribution in [-0.4, -0.2) is 44.0 Å². The van der Waals surface area contributed by atoms with Gasteiger partial charge in [-0.25, -0.2) is 18.7 Å². The molecule has 10 heteroatoms. The number of nitrogens with two attached hydrogens (primary N) is 1. The highest BCUT2D eigenvalue weighted by atomic mass is 19.1. The number of nitrogen functional groups attached to an aromatic ring is 1. The van der Waals surface area contributed by atoms with Crippen LogP contribution in [0.3, 0.4) is 0 Å². The fraction of sp³-hybridized carbons (Fsp3) is 0.600. The summed E-state index contributed by atoms with van der Waals surface area (Å²) in [4.78, 5) is 32.3. The second-order valence-corrected chi connectivity index (χ2v) is 6.46. The summed E-state index contributed by atoms with van der Waals surface area (Å²) in [5.74, 6) is -0.229. The second kappa shape index (κ2) is 5.80. The highest BCUT2D eigenvalue weighted by molar-refractivity contribution is 5.72. The van der Waals surface area contributed by atoms with E-state index >= 15 is 0 Å². The van der Waals surface area contributed by atoms with Gasteiger partial charge in [-0.05, 0) is 18.8 Å². The molecule has 2 aromatic heterocycles. The number of imidazole rings is 1. The van der Waals surface area contributed by atoms with Gasteiger partial charge in [0.25, 0.3) is 0 Å². The van der Waals surface area contributed by atoms with Crippen molar-refractivity contribution in [1.82, 2.24) is 19.1 Å². The number of carbonyl (C=O) groups excluding carboxylic acids is 1. The molecule has 134 valence electrons. The van der Waals surface area contributed by atoms with Crippen LogP contribution in [0.15, 0.2) is 11.0 Å². The average Bonchev–Trinajstić information content (AvgIpc) is 3.26. The first-order chi connectivity index (χ1) is 12.0. The van der Waals surface area contributed by atoms with Gasteiger partial charge in [0.2, 0.25) is 5.95 Å². The third-order valence-electron chi connectivity index (χ3n) is 4.48. The molecule has 3 heterocycles. The van der Waals surface area contributed by atoms with Crippen LogP contribution < -0.4 is 11.4 Å². The summed E-state index contributed by atoms with van der Waals surface area (Å²) < 4.78 is 27.4. The lowest BCUT2D eigenvalue weighted by molar-refractivity contribution is -0.154. The van der Waals surface area contributed by atoms with Crippen LogP contribution in [0.1, 0.15) is 26.0 Å². The van der Waals surface area contributed by atoms with Crippen LogP contribution in [0, 0.1) is 5.92 Å². The first-order valence-electron chi connectivity index (χ1n) is 8.12. The summed E-state index contributed by atoms with van der Waals surface area (Å²) in [6, 6.07) is 0. The van der Waals surface area contributed by atoms with Crippen LogP contribution in [0.5, 0.6) is 0 Å². The third-order valence-corrected chi connectivity index (χ3v) is 4.48. The maximum absolute atomic E-state index is 14.1. The van der Waals surface area contributed by atoms with Gasteiger partial charge in [0.1, 0.15) is 5.52 Å². The maximum atomic E-state index is 14.1. The average molecular weight is 351 g/mol. The molecule has 3 atom stereocenters. The second-order valence-electron chi connectivity index (χ2n) is 6.46. The van der Waals surface area contributed by atoms with E-state index < -0.39 is 30.2 Å². The van der Waals surface area contributed by atoms with E-state index in [1.165, 1.54) is 17.7 Å². The largest absolute Gasteiger partial charge is 0.454 e. The Balaban J connectivity index is 1.85. The number of aromatic nitrogens is 4. The van der Waals surface area contributed by atoms with Gasteiger partial charge in [-0.2, -0.15) is 4.98 Å². The van der Waals surface area contributed by atoms with Gasteiger partial charge in [0.05, 0.1) is 12.8 Å². The highest BCUT2D eigenvalue weighted by Gasteiger charge is 2.43. The minimum absolute atomic E-state index is 0.0105. The van der Waals surface area contributed by atoms with Crippen molar-refractivity contribution >= 4 is 23.1 Å². The number of hydrogen-bond donors (Lipinski definition) is 1. The molecule has 1 saturated heterocycles. The summed E-state index contributed by atoms with van der Waals surface area (Å²) in [5, 5.41) is 0. The molecule has 0 spiro atoms. The molecule has 4 rings (SSSR count). The predicted molar refractivity (Wildman–Crippen MR) is 84.4 cm³/mol. The molecule has 0 amide bonds. The van der Waals surface area contributed by atoms with Crippen molar-refractivity contribution < 1.29 is 18.7 Å². The molecule has 1 aliphatic heterocycles. The standard InChI is InChI=1S/C15H18FN5O4/c1-7(22)25-11-9(16)6-24-13(11)21-12-10(4-18-14(17)19-12)20(15(21)23)5-8-2-3-8/h4,8-9,11,13H,2-3,5-6H2,1H3,(H2,17,18,19). The topological polar surface area (TPSA) is 114 Å². The van der Waals surface area contributed by atoms with Gasteiger partial charge in [-0.1, -0.05) is 0 Å². The SMILES string of the molecule is CC(=O)OC1C(F)COC1n1c(=O)n(CC2CC2)c2cnc(N)nc21. The molecule has 25 heavy (non-hydrogen) atoms. The van der Waals surface area contributed by atoms with Gasteiger partial charge in [-0.3, -0.25) is 9.36 Å². The normalized spacial score (nSPS) is 26.2. The van der Waals surface area contributed by atoms with Crippen LogP contribution in [0.2, 0.25) is 0 Å². The quantitative estimate of drug-likeness (QED) is 0.792. The number of ether oxygens (including phenoxy) is 2. The lowest BCUT2D eigenvalue weighted by Gasteiger charge is -2.20. The van der Waals surface area contributed by atoms with Crippen LogP contribution >= 0.6 is 0 Å². The molecule has 2 aliphatic rings. The number of fused-ring (bicyclic) bond motifs is 1. The number of halogens is 1. The minimum atomic E-state index is -1.53. The van der Waals surface area contributed by atoms with E-state index in [9.17, 15) is 14.0 Å². The van der Waals surface area contributed by atoms with Gasteiger partial charge < -0.3 is 15.2 Å². The van der Waals surface area contributed by atoms with Gasteiger partial charge in [-0.15, -0.1) is 0 Å². The van der Waals surface area contributed by atoms with Crippen molar-refractivity contribution in [2.24, 2.45) is 5.92 Å². The number of anilines is 1. The minimum Gasteiger partial charge on any atom is -0.454 e. The molecule has 2 aromatic rings. The lowest BCUT2D eigenvalue weighted by atomic mass is 10.2. The molecule has 0 radical (unpaired) electrons. The van der Waals surface area contributed by atoms with E-state index in [0.717, 1.165) is 12.8 Å². The maximum Gasteiger partial charge on any atom is 0.332 e. The van der Waals surface area contributed by atoms with Crippen molar-refractivity contribution in [3.05, 3.63) is 16.7 Å².